The molecule has 162 valence electrons. The van der Waals surface area contributed by atoms with Crippen molar-refractivity contribution in [1.82, 2.24) is 10.2 Å². The lowest BCUT2D eigenvalue weighted by Gasteiger charge is -2.43. The maximum absolute atomic E-state index is 13.5. The van der Waals surface area contributed by atoms with Crippen LogP contribution in [-0.4, -0.2) is 53.9 Å². The number of nitrogens with two attached hydrogens (primary N) is 1. The van der Waals surface area contributed by atoms with Crippen molar-refractivity contribution in [3.8, 4) is 5.75 Å². The van der Waals surface area contributed by atoms with E-state index in [1.165, 1.54) is 0 Å². The molecule has 3 N–H and O–H groups in total. The molecule has 0 aromatic heterocycles. The molecular formula is C21H31Cl2N3O3. The van der Waals surface area contributed by atoms with Crippen molar-refractivity contribution in [2.45, 2.75) is 50.2 Å². The molecule has 8 heteroatoms. The lowest BCUT2D eigenvalue weighted by molar-refractivity contribution is -0.153. The van der Waals surface area contributed by atoms with Crippen molar-refractivity contribution >= 4 is 35.8 Å². The van der Waals surface area contributed by atoms with E-state index in [0.717, 1.165) is 31.4 Å². The van der Waals surface area contributed by atoms with Gasteiger partial charge in [0.05, 0.1) is 0 Å². The molecular weight excluding hydrogens is 413 g/mol. The minimum Gasteiger partial charge on any atom is -0.477 e. The van der Waals surface area contributed by atoms with Gasteiger partial charge in [0.25, 0.3) is 5.91 Å². The molecule has 29 heavy (non-hydrogen) atoms. The molecule has 2 amide bonds. The van der Waals surface area contributed by atoms with Gasteiger partial charge < -0.3 is 20.7 Å². The smallest absolute Gasteiger partial charge is 0.266 e. The van der Waals surface area contributed by atoms with E-state index in [1.54, 1.807) is 0 Å². The fraction of sp³-hybridized carbons (Fsp3) is 0.619. The Morgan fingerprint density at radius 1 is 1.14 bits per heavy atom. The van der Waals surface area contributed by atoms with Crippen LogP contribution in [0.3, 0.4) is 0 Å². The second kappa shape index (κ2) is 11.0. The Morgan fingerprint density at radius 3 is 2.34 bits per heavy atom. The number of para-hydroxylation sites is 1. The summed E-state index contributed by atoms with van der Waals surface area (Å²) in [5.41, 5.74) is 5.27. The van der Waals surface area contributed by atoms with Gasteiger partial charge in [-0.15, -0.1) is 24.0 Å². The lowest BCUT2D eigenvalue weighted by Crippen LogP contribution is -2.57. The average Bonchev–Trinajstić information content (AvgIpc) is 2.74. The van der Waals surface area contributed by atoms with E-state index >= 15 is 0 Å². The third kappa shape index (κ3) is 6.24. The van der Waals surface area contributed by atoms with Crippen LogP contribution in [0, 0.1) is 5.92 Å². The van der Waals surface area contributed by atoms with Crippen LogP contribution in [0.15, 0.2) is 30.3 Å². The summed E-state index contributed by atoms with van der Waals surface area (Å²) in [4.78, 5) is 26.7. The van der Waals surface area contributed by atoms with Crippen molar-refractivity contribution in [2.24, 2.45) is 11.7 Å². The summed E-state index contributed by atoms with van der Waals surface area (Å²) < 4.78 is 6.31. The molecule has 1 saturated carbocycles. The van der Waals surface area contributed by atoms with Crippen LogP contribution in [0.1, 0.15) is 38.5 Å². The number of ether oxygens (including phenoxy) is 1. The molecule has 1 aromatic rings. The summed E-state index contributed by atoms with van der Waals surface area (Å²) in [5.74, 6) is 1.02. The lowest BCUT2D eigenvalue weighted by atomic mass is 9.80. The van der Waals surface area contributed by atoms with Gasteiger partial charge in [-0.1, -0.05) is 18.2 Å². The SMILES string of the molecule is Cl.NC1CCC(Oc2ccccc2)(C(=O)N2CCC(CNC(=O)CCl)CC2)CC1. The zero-order valence-electron chi connectivity index (χ0n) is 16.6. The number of hydrogen-bond acceptors (Lipinski definition) is 4. The van der Waals surface area contributed by atoms with Crippen LogP contribution < -0.4 is 15.8 Å². The number of rotatable bonds is 6. The molecule has 1 aliphatic heterocycles. The van der Waals surface area contributed by atoms with E-state index in [0.29, 0.717) is 38.4 Å². The molecule has 6 nitrogen and oxygen atoms in total. The number of likely N-dealkylation sites (tertiary alicyclic amines) is 1. The molecule has 2 fully saturated rings. The number of hydrogen-bond donors (Lipinski definition) is 2. The van der Waals surface area contributed by atoms with Crippen LogP contribution in [0.4, 0.5) is 0 Å². The molecule has 3 rings (SSSR count). The van der Waals surface area contributed by atoms with Crippen LogP contribution in [0.25, 0.3) is 0 Å². The van der Waals surface area contributed by atoms with Crippen LogP contribution in [-0.2, 0) is 9.59 Å². The maximum atomic E-state index is 13.5. The summed E-state index contributed by atoms with van der Waals surface area (Å²) in [7, 11) is 0. The molecule has 1 aliphatic carbocycles. The first-order valence-corrected chi connectivity index (χ1v) is 10.7. The van der Waals surface area contributed by atoms with Gasteiger partial charge in [-0.05, 0) is 56.6 Å². The fourth-order valence-corrected chi connectivity index (χ4v) is 4.21. The highest BCUT2D eigenvalue weighted by Gasteiger charge is 2.46. The number of amides is 2. The minimum absolute atomic E-state index is 0. The monoisotopic (exact) mass is 443 g/mol. The Morgan fingerprint density at radius 2 is 1.76 bits per heavy atom. The number of piperidine rings is 1. The van der Waals surface area contributed by atoms with E-state index in [1.807, 2.05) is 35.2 Å². The van der Waals surface area contributed by atoms with Crippen molar-refractivity contribution in [3.05, 3.63) is 30.3 Å². The molecule has 0 bridgehead atoms. The van der Waals surface area contributed by atoms with Crippen molar-refractivity contribution in [2.75, 3.05) is 25.5 Å². The molecule has 0 atom stereocenters. The standard InChI is InChI=1S/C21H30ClN3O3.ClH/c22-14-19(26)24-15-16-8-12-25(13-9-16)20(27)21(10-6-17(23)7-11-21)28-18-4-2-1-3-5-18;/h1-5,16-17H,6-15,23H2,(H,24,26);1H. The van der Waals surface area contributed by atoms with E-state index in [9.17, 15) is 9.59 Å². The zero-order valence-corrected chi connectivity index (χ0v) is 18.2. The first-order chi connectivity index (χ1) is 13.5. The highest BCUT2D eigenvalue weighted by Crippen LogP contribution is 2.35. The van der Waals surface area contributed by atoms with E-state index < -0.39 is 5.60 Å². The highest BCUT2D eigenvalue weighted by atomic mass is 35.5. The predicted octanol–water partition coefficient (Wildman–Crippen LogP) is 2.72. The van der Waals surface area contributed by atoms with Crippen LogP contribution in [0.2, 0.25) is 0 Å². The number of benzene rings is 1. The highest BCUT2D eigenvalue weighted by molar-refractivity contribution is 6.27. The van der Waals surface area contributed by atoms with Crippen molar-refractivity contribution in [1.29, 1.82) is 0 Å². The molecule has 1 heterocycles. The van der Waals surface area contributed by atoms with E-state index in [-0.39, 0.29) is 36.1 Å². The molecule has 0 unspecified atom stereocenters. The fourth-order valence-electron chi connectivity index (χ4n) is 4.11. The van der Waals surface area contributed by atoms with Gasteiger partial charge in [0, 0.05) is 25.7 Å². The third-order valence-electron chi connectivity index (χ3n) is 5.90. The third-order valence-corrected chi connectivity index (χ3v) is 6.14. The Balaban J connectivity index is 0.00000300. The summed E-state index contributed by atoms with van der Waals surface area (Å²) in [6.07, 6.45) is 4.62. The van der Waals surface area contributed by atoms with Crippen LogP contribution >= 0.6 is 24.0 Å². The summed E-state index contributed by atoms with van der Waals surface area (Å²) in [6.45, 7) is 1.99. The van der Waals surface area contributed by atoms with Gasteiger partial charge in [-0.25, -0.2) is 0 Å². The topological polar surface area (TPSA) is 84.7 Å². The molecule has 0 spiro atoms. The molecule has 1 saturated heterocycles. The van der Waals surface area contributed by atoms with Gasteiger partial charge in [0.2, 0.25) is 5.91 Å². The Hall–Kier alpha value is -1.50. The van der Waals surface area contributed by atoms with Gasteiger partial charge in [0.1, 0.15) is 11.6 Å². The number of carbonyl (C=O) groups is 2. The normalized spacial score (nSPS) is 25.0. The number of carbonyl (C=O) groups excluding carboxylic acids is 2. The van der Waals surface area contributed by atoms with Crippen LogP contribution in [0.5, 0.6) is 5.75 Å². The van der Waals surface area contributed by atoms with E-state index in [2.05, 4.69) is 5.32 Å². The average molecular weight is 444 g/mol. The summed E-state index contributed by atoms with van der Waals surface area (Å²) in [6, 6.07) is 9.71. The maximum Gasteiger partial charge on any atom is 0.266 e. The van der Waals surface area contributed by atoms with Gasteiger partial charge in [-0.2, -0.15) is 0 Å². The summed E-state index contributed by atoms with van der Waals surface area (Å²) in [5, 5.41) is 2.84. The quantitative estimate of drug-likeness (QED) is 0.661. The van der Waals surface area contributed by atoms with Gasteiger partial charge >= 0.3 is 0 Å². The number of nitrogens with zero attached hydrogens (tertiary/aromatic N) is 1. The van der Waals surface area contributed by atoms with E-state index in [4.69, 9.17) is 22.1 Å². The molecule has 2 aliphatic rings. The molecule has 0 radical (unpaired) electrons. The van der Waals surface area contributed by atoms with Gasteiger partial charge in [0.15, 0.2) is 5.60 Å². The second-order valence-corrected chi connectivity index (χ2v) is 8.19. The Kier molecular flexibility index (Phi) is 9.05. The largest absolute Gasteiger partial charge is 0.477 e. The number of alkyl halides is 1. The predicted molar refractivity (Wildman–Crippen MR) is 117 cm³/mol. The Bertz CT molecular complexity index is 658. The van der Waals surface area contributed by atoms with Crippen molar-refractivity contribution in [3.63, 3.8) is 0 Å². The van der Waals surface area contributed by atoms with Crippen molar-refractivity contribution < 1.29 is 14.3 Å². The Labute approximate surface area is 183 Å². The summed E-state index contributed by atoms with van der Waals surface area (Å²) >= 11 is 5.52. The molecule has 1 aromatic carbocycles. The first-order valence-electron chi connectivity index (χ1n) is 10.1. The minimum atomic E-state index is -0.823. The van der Waals surface area contributed by atoms with Gasteiger partial charge in [-0.3, -0.25) is 9.59 Å². The second-order valence-electron chi connectivity index (χ2n) is 7.92. The first kappa shape index (κ1) is 23.8. The number of nitrogens with one attached hydrogen (secondary N) is 1. The zero-order chi connectivity index (χ0) is 20.0. The number of halogens is 2.